The van der Waals surface area contributed by atoms with Crippen LogP contribution in [0.1, 0.15) is 12.8 Å². The van der Waals surface area contributed by atoms with Gasteiger partial charge in [0.25, 0.3) is 5.69 Å². The zero-order valence-corrected chi connectivity index (χ0v) is 9.56. The number of anilines is 1. The van der Waals surface area contributed by atoms with Crippen molar-refractivity contribution < 1.29 is 4.92 Å². The van der Waals surface area contributed by atoms with E-state index in [0.29, 0.717) is 0 Å². The molecule has 4 nitrogen and oxygen atoms in total. The zero-order chi connectivity index (χ0) is 11.5. The van der Waals surface area contributed by atoms with E-state index in [-0.39, 0.29) is 16.0 Å². The summed E-state index contributed by atoms with van der Waals surface area (Å²) in [5, 5.41) is 10.8. The molecule has 0 atom stereocenters. The molecule has 0 aliphatic carbocycles. The fraction of sp³-hybridized carbons (Fsp3) is 0.455. The van der Waals surface area contributed by atoms with Crippen molar-refractivity contribution >= 4 is 23.0 Å². The Kier molecular flexibility index (Phi) is 3.29. The standard InChI is InChI=1S/C11H13ClN2O2/c12-9-5-7-13(8-6-9)10-1-3-11(4-2-10)14(15)16/h1-4,9H,5-8H2. The molecule has 0 saturated carbocycles. The zero-order valence-electron chi connectivity index (χ0n) is 8.80. The smallest absolute Gasteiger partial charge is 0.269 e. The second-order valence-electron chi connectivity index (χ2n) is 3.94. The summed E-state index contributed by atoms with van der Waals surface area (Å²) in [6.45, 7) is 1.85. The van der Waals surface area contributed by atoms with Crippen LogP contribution in [0, 0.1) is 10.1 Å². The van der Waals surface area contributed by atoms with Crippen LogP contribution >= 0.6 is 11.6 Å². The lowest BCUT2D eigenvalue weighted by molar-refractivity contribution is -0.384. The van der Waals surface area contributed by atoms with Gasteiger partial charge in [0.1, 0.15) is 0 Å². The van der Waals surface area contributed by atoms with Crippen LogP contribution in [-0.4, -0.2) is 23.4 Å². The van der Waals surface area contributed by atoms with Crippen LogP contribution in [0.25, 0.3) is 0 Å². The van der Waals surface area contributed by atoms with Gasteiger partial charge in [-0.1, -0.05) is 0 Å². The number of piperidine rings is 1. The number of rotatable bonds is 2. The molecule has 0 spiro atoms. The number of nitro benzene ring substituents is 1. The summed E-state index contributed by atoms with van der Waals surface area (Å²) in [4.78, 5) is 12.3. The Morgan fingerprint density at radius 2 is 1.81 bits per heavy atom. The van der Waals surface area contributed by atoms with Crippen molar-refractivity contribution in [1.29, 1.82) is 0 Å². The van der Waals surface area contributed by atoms with E-state index in [1.54, 1.807) is 24.3 Å². The minimum atomic E-state index is -0.380. The van der Waals surface area contributed by atoms with Gasteiger partial charge in [-0.05, 0) is 25.0 Å². The Bertz CT molecular complexity index is 372. The maximum absolute atomic E-state index is 10.5. The summed E-state index contributed by atoms with van der Waals surface area (Å²) in [6, 6.07) is 6.68. The molecule has 0 radical (unpaired) electrons. The first-order valence-corrected chi connectivity index (χ1v) is 5.74. The van der Waals surface area contributed by atoms with Crippen LogP contribution in [-0.2, 0) is 0 Å². The fourth-order valence-corrected chi connectivity index (χ4v) is 2.09. The molecule has 2 rings (SSSR count). The summed E-state index contributed by atoms with van der Waals surface area (Å²) in [7, 11) is 0. The third-order valence-corrected chi connectivity index (χ3v) is 3.29. The molecule has 16 heavy (non-hydrogen) atoms. The number of hydrogen-bond acceptors (Lipinski definition) is 3. The molecule has 1 fully saturated rings. The number of alkyl halides is 1. The summed E-state index contributed by atoms with van der Waals surface area (Å²) < 4.78 is 0. The lowest BCUT2D eigenvalue weighted by atomic mass is 10.1. The van der Waals surface area contributed by atoms with Crippen LogP contribution in [0.15, 0.2) is 24.3 Å². The van der Waals surface area contributed by atoms with Crippen LogP contribution in [0.5, 0.6) is 0 Å². The molecule has 1 heterocycles. The Balaban J connectivity index is 2.07. The third kappa shape index (κ3) is 2.44. The van der Waals surface area contributed by atoms with Crippen LogP contribution in [0.3, 0.4) is 0 Å². The molecule has 0 amide bonds. The normalized spacial score (nSPS) is 17.4. The van der Waals surface area contributed by atoms with E-state index in [1.807, 2.05) is 0 Å². The number of benzene rings is 1. The topological polar surface area (TPSA) is 46.4 Å². The lowest BCUT2D eigenvalue weighted by Gasteiger charge is -2.31. The molecular weight excluding hydrogens is 228 g/mol. The SMILES string of the molecule is O=[N+]([O-])c1ccc(N2CCC(Cl)CC2)cc1. The van der Waals surface area contributed by atoms with Crippen molar-refractivity contribution in [2.45, 2.75) is 18.2 Å². The molecule has 0 N–H and O–H groups in total. The highest BCUT2D eigenvalue weighted by atomic mass is 35.5. The van der Waals surface area contributed by atoms with Gasteiger partial charge in [0.2, 0.25) is 0 Å². The van der Waals surface area contributed by atoms with Gasteiger partial charge in [-0.2, -0.15) is 0 Å². The maximum atomic E-state index is 10.5. The molecule has 1 aliphatic rings. The quantitative estimate of drug-likeness (QED) is 0.454. The van der Waals surface area contributed by atoms with Gasteiger partial charge in [0, 0.05) is 36.3 Å². The van der Waals surface area contributed by atoms with E-state index >= 15 is 0 Å². The van der Waals surface area contributed by atoms with Gasteiger partial charge in [-0.25, -0.2) is 0 Å². The van der Waals surface area contributed by atoms with E-state index in [9.17, 15) is 10.1 Å². The van der Waals surface area contributed by atoms with Gasteiger partial charge in [-0.3, -0.25) is 10.1 Å². The second kappa shape index (κ2) is 4.70. The average Bonchev–Trinajstić information content (AvgIpc) is 2.30. The van der Waals surface area contributed by atoms with E-state index in [0.717, 1.165) is 31.6 Å². The molecule has 1 aromatic rings. The van der Waals surface area contributed by atoms with Crippen molar-refractivity contribution in [3.8, 4) is 0 Å². The van der Waals surface area contributed by atoms with Crippen molar-refractivity contribution in [2.24, 2.45) is 0 Å². The monoisotopic (exact) mass is 240 g/mol. The molecule has 1 aliphatic heterocycles. The molecule has 86 valence electrons. The molecule has 1 aromatic carbocycles. The van der Waals surface area contributed by atoms with Crippen LogP contribution in [0.2, 0.25) is 0 Å². The van der Waals surface area contributed by atoms with E-state index in [2.05, 4.69) is 4.90 Å². The Hall–Kier alpha value is -1.29. The minimum absolute atomic E-state index is 0.135. The van der Waals surface area contributed by atoms with Crippen molar-refractivity contribution in [1.82, 2.24) is 0 Å². The number of hydrogen-bond donors (Lipinski definition) is 0. The number of nitro groups is 1. The third-order valence-electron chi connectivity index (χ3n) is 2.85. The highest BCUT2D eigenvalue weighted by Crippen LogP contribution is 2.24. The van der Waals surface area contributed by atoms with Crippen molar-refractivity contribution in [2.75, 3.05) is 18.0 Å². The lowest BCUT2D eigenvalue weighted by Crippen LogP contribution is -2.33. The van der Waals surface area contributed by atoms with E-state index < -0.39 is 0 Å². The van der Waals surface area contributed by atoms with Gasteiger partial charge in [0.15, 0.2) is 0 Å². The first-order valence-electron chi connectivity index (χ1n) is 5.30. The van der Waals surface area contributed by atoms with E-state index in [1.165, 1.54) is 0 Å². The Morgan fingerprint density at radius 1 is 1.25 bits per heavy atom. The average molecular weight is 241 g/mol. The molecular formula is C11H13ClN2O2. The number of non-ortho nitro benzene ring substituents is 1. The van der Waals surface area contributed by atoms with Crippen LogP contribution in [0.4, 0.5) is 11.4 Å². The largest absolute Gasteiger partial charge is 0.371 e. The first kappa shape index (κ1) is 11.2. The number of halogens is 1. The molecule has 0 bridgehead atoms. The van der Waals surface area contributed by atoms with Crippen LogP contribution < -0.4 is 4.90 Å². The fourth-order valence-electron chi connectivity index (χ4n) is 1.89. The minimum Gasteiger partial charge on any atom is -0.371 e. The van der Waals surface area contributed by atoms with E-state index in [4.69, 9.17) is 11.6 Å². The molecule has 5 heteroatoms. The Morgan fingerprint density at radius 3 is 2.31 bits per heavy atom. The highest BCUT2D eigenvalue weighted by molar-refractivity contribution is 6.20. The first-order chi connectivity index (χ1) is 7.66. The van der Waals surface area contributed by atoms with Gasteiger partial charge < -0.3 is 4.90 Å². The van der Waals surface area contributed by atoms with Gasteiger partial charge >= 0.3 is 0 Å². The molecule has 0 aromatic heterocycles. The maximum Gasteiger partial charge on any atom is 0.269 e. The Labute approximate surface area is 99.0 Å². The summed E-state index contributed by atoms with van der Waals surface area (Å²) >= 11 is 6.02. The summed E-state index contributed by atoms with van der Waals surface area (Å²) in [5.41, 5.74) is 1.17. The summed E-state index contributed by atoms with van der Waals surface area (Å²) in [6.07, 6.45) is 1.94. The highest BCUT2D eigenvalue weighted by Gasteiger charge is 2.17. The predicted octanol–water partition coefficient (Wildman–Crippen LogP) is 2.80. The molecule has 1 saturated heterocycles. The van der Waals surface area contributed by atoms with Crippen molar-refractivity contribution in [3.05, 3.63) is 34.4 Å². The van der Waals surface area contributed by atoms with Gasteiger partial charge in [0.05, 0.1) is 4.92 Å². The van der Waals surface area contributed by atoms with Crippen molar-refractivity contribution in [3.63, 3.8) is 0 Å². The van der Waals surface area contributed by atoms with Gasteiger partial charge in [-0.15, -0.1) is 11.6 Å². The second-order valence-corrected chi connectivity index (χ2v) is 4.55. The predicted molar refractivity (Wildman–Crippen MR) is 64.2 cm³/mol. The number of nitrogens with zero attached hydrogens (tertiary/aromatic N) is 2. The summed E-state index contributed by atoms with van der Waals surface area (Å²) in [5.74, 6) is 0. The molecule has 0 unspecified atom stereocenters.